The Morgan fingerprint density at radius 2 is 2.20 bits per heavy atom. The number of amides is 1. The molecule has 158 valence electrons. The predicted octanol–water partition coefficient (Wildman–Crippen LogP) is 2.98. The van der Waals surface area contributed by atoms with Crippen LogP contribution in [0, 0.1) is 0 Å². The number of nitrogens with zero attached hydrogens (tertiary/aromatic N) is 3. The Balaban J connectivity index is 1.50. The number of hydrogen-bond acceptors (Lipinski definition) is 6. The summed E-state index contributed by atoms with van der Waals surface area (Å²) in [7, 11) is 0. The van der Waals surface area contributed by atoms with Crippen LogP contribution in [-0.2, 0) is 4.74 Å². The van der Waals surface area contributed by atoms with E-state index in [0.29, 0.717) is 24.5 Å². The molecule has 1 atom stereocenters. The van der Waals surface area contributed by atoms with Crippen LogP contribution in [0.1, 0.15) is 16.9 Å². The molecule has 1 amide bonds. The molecule has 11 heteroatoms. The van der Waals surface area contributed by atoms with E-state index in [1.165, 1.54) is 22.8 Å². The molecule has 1 aliphatic rings. The van der Waals surface area contributed by atoms with E-state index in [4.69, 9.17) is 14.2 Å². The van der Waals surface area contributed by atoms with Crippen molar-refractivity contribution in [1.29, 1.82) is 0 Å². The molecule has 3 aromatic rings. The standard InChI is InChI=1S/C19H17F3N4O4/c20-19(21,22)11-29-16-2-1-5-23-18(16)30-14-3-6-26-13(8-14)9-15(25-26)17(27)24-12-4-7-28-10-12/h1-3,5-6,8-9,12H,4,7,10-11H2,(H,24,27)/t12-/m0/s1. The van der Waals surface area contributed by atoms with Gasteiger partial charge in [0.25, 0.3) is 11.8 Å². The maximum Gasteiger partial charge on any atom is 0.422 e. The topological polar surface area (TPSA) is 87.0 Å². The fourth-order valence-electron chi connectivity index (χ4n) is 2.89. The van der Waals surface area contributed by atoms with Crippen molar-refractivity contribution in [2.24, 2.45) is 0 Å². The average Bonchev–Trinajstić information content (AvgIpc) is 3.36. The van der Waals surface area contributed by atoms with Gasteiger partial charge in [-0.15, -0.1) is 0 Å². The van der Waals surface area contributed by atoms with Crippen molar-refractivity contribution in [1.82, 2.24) is 19.9 Å². The summed E-state index contributed by atoms with van der Waals surface area (Å²) in [5.74, 6) is -0.259. The Labute approximate surface area is 168 Å². The van der Waals surface area contributed by atoms with E-state index in [-0.39, 0.29) is 29.3 Å². The van der Waals surface area contributed by atoms with Crippen LogP contribution < -0.4 is 14.8 Å². The van der Waals surface area contributed by atoms with E-state index in [1.807, 2.05) is 0 Å². The number of halogens is 3. The van der Waals surface area contributed by atoms with Crippen LogP contribution in [0.5, 0.6) is 17.4 Å². The monoisotopic (exact) mass is 422 g/mol. The zero-order valence-corrected chi connectivity index (χ0v) is 15.6. The first-order valence-corrected chi connectivity index (χ1v) is 9.08. The van der Waals surface area contributed by atoms with Crippen LogP contribution in [-0.4, -0.2) is 52.5 Å². The number of alkyl halides is 3. The predicted molar refractivity (Wildman–Crippen MR) is 97.7 cm³/mol. The number of aromatic nitrogens is 3. The fraction of sp³-hybridized carbons (Fsp3) is 0.316. The van der Waals surface area contributed by atoms with Crippen molar-refractivity contribution in [2.45, 2.75) is 18.6 Å². The molecule has 1 aliphatic heterocycles. The van der Waals surface area contributed by atoms with Crippen LogP contribution in [0.3, 0.4) is 0 Å². The van der Waals surface area contributed by atoms with Crippen molar-refractivity contribution in [3.05, 3.63) is 48.4 Å². The summed E-state index contributed by atoms with van der Waals surface area (Å²) < 4.78 is 54.4. The zero-order chi connectivity index (χ0) is 21.1. The molecule has 1 saturated heterocycles. The molecule has 0 aromatic carbocycles. The number of fused-ring (bicyclic) bond motifs is 1. The summed E-state index contributed by atoms with van der Waals surface area (Å²) in [6, 6.07) is 7.46. The van der Waals surface area contributed by atoms with Gasteiger partial charge < -0.3 is 19.5 Å². The lowest BCUT2D eigenvalue weighted by molar-refractivity contribution is -0.153. The van der Waals surface area contributed by atoms with Gasteiger partial charge in [0.15, 0.2) is 18.1 Å². The summed E-state index contributed by atoms with van der Waals surface area (Å²) in [4.78, 5) is 16.3. The smallest absolute Gasteiger partial charge is 0.422 e. The highest BCUT2D eigenvalue weighted by atomic mass is 19.4. The normalized spacial score (nSPS) is 16.6. The van der Waals surface area contributed by atoms with Crippen LogP contribution in [0.4, 0.5) is 13.2 Å². The Kier molecular flexibility index (Phi) is 5.44. The molecule has 4 heterocycles. The van der Waals surface area contributed by atoms with Crippen molar-refractivity contribution in [3.63, 3.8) is 0 Å². The van der Waals surface area contributed by atoms with Gasteiger partial charge in [-0.1, -0.05) is 0 Å². The van der Waals surface area contributed by atoms with E-state index in [1.54, 1.807) is 24.4 Å². The third-order valence-electron chi connectivity index (χ3n) is 4.27. The van der Waals surface area contributed by atoms with Crippen molar-refractivity contribution in [2.75, 3.05) is 19.8 Å². The molecule has 0 spiro atoms. The lowest BCUT2D eigenvalue weighted by atomic mass is 10.2. The van der Waals surface area contributed by atoms with Crippen LogP contribution in [0.2, 0.25) is 0 Å². The molecular weight excluding hydrogens is 405 g/mol. The van der Waals surface area contributed by atoms with E-state index in [0.717, 1.165) is 6.42 Å². The van der Waals surface area contributed by atoms with Gasteiger partial charge in [-0.25, -0.2) is 9.50 Å². The third kappa shape index (κ3) is 4.79. The van der Waals surface area contributed by atoms with Gasteiger partial charge >= 0.3 is 6.18 Å². The van der Waals surface area contributed by atoms with Crippen LogP contribution >= 0.6 is 0 Å². The quantitative estimate of drug-likeness (QED) is 0.657. The van der Waals surface area contributed by atoms with Gasteiger partial charge in [0.05, 0.1) is 18.2 Å². The van der Waals surface area contributed by atoms with Crippen molar-refractivity contribution < 1.29 is 32.2 Å². The van der Waals surface area contributed by atoms with E-state index in [9.17, 15) is 18.0 Å². The Morgan fingerprint density at radius 1 is 1.33 bits per heavy atom. The lowest BCUT2D eigenvalue weighted by Crippen LogP contribution is -2.35. The summed E-state index contributed by atoms with van der Waals surface area (Å²) in [6.07, 6.45) is -0.785. The third-order valence-corrected chi connectivity index (χ3v) is 4.27. The first kappa shape index (κ1) is 20.0. The molecular formula is C19H17F3N4O4. The molecule has 3 aromatic heterocycles. The van der Waals surface area contributed by atoms with Gasteiger partial charge in [0.2, 0.25) is 0 Å². The van der Waals surface area contributed by atoms with Gasteiger partial charge in [-0.05, 0) is 30.7 Å². The van der Waals surface area contributed by atoms with Crippen LogP contribution in [0.15, 0.2) is 42.7 Å². The minimum absolute atomic E-state index is 0.0412. The SMILES string of the molecule is O=C(N[C@H]1CCOC1)c1cc2cc(Oc3ncccc3OCC(F)(F)F)ccn2n1. The molecule has 8 nitrogen and oxygen atoms in total. The fourth-order valence-corrected chi connectivity index (χ4v) is 2.89. The number of pyridine rings is 2. The first-order chi connectivity index (χ1) is 14.4. The average molecular weight is 422 g/mol. The Bertz CT molecular complexity index is 1050. The highest BCUT2D eigenvalue weighted by Crippen LogP contribution is 2.30. The van der Waals surface area contributed by atoms with Gasteiger partial charge in [0, 0.05) is 25.1 Å². The molecule has 0 radical (unpaired) electrons. The van der Waals surface area contributed by atoms with Gasteiger partial charge in [-0.3, -0.25) is 4.79 Å². The minimum Gasteiger partial charge on any atom is -0.478 e. The highest BCUT2D eigenvalue weighted by Gasteiger charge is 2.29. The molecule has 1 N–H and O–H groups in total. The van der Waals surface area contributed by atoms with Crippen molar-refractivity contribution >= 4 is 11.4 Å². The molecule has 30 heavy (non-hydrogen) atoms. The largest absolute Gasteiger partial charge is 0.478 e. The van der Waals surface area contributed by atoms with Crippen molar-refractivity contribution in [3.8, 4) is 17.4 Å². The second kappa shape index (κ2) is 8.19. The van der Waals surface area contributed by atoms with E-state index in [2.05, 4.69) is 15.4 Å². The zero-order valence-electron chi connectivity index (χ0n) is 15.6. The molecule has 4 rings (SSSR count). The molecule has 0 saturated carbocycles. The summed E-state index contributed by atoms with van der Waals surface area (Å²) in [6.45, 7) is -0.375. The minimum atomic E-state index is -4.48. The molecule has 1 fully saturated rings. The maximum atomic E-state index is 12.4. The van der Waals surface area contributed by atoms with E-state index >= 15 is 0 Å². The number of rotatable bonds is 6. The number of carbonyl (C=O) groups is 1. The summed E-state index contributed by atoms with van der Waals surface area (Å²) >= 11 is 0. The second-order valence-corrected chi connectivity index (χ2v) is 6.61. The maximum absolute atomic E-state index is 12.4. The summed E-state index contributed by atoms with van der Waals surface area (Å²) in [5, 5.41) is 7.07. The Hall–Kier alpha value is -3.34. The molecule has 0 unspecified atom stereocenters. The first-order valence-electron chi connectivity index (χ1n) is 9.08. The summed E-state index contributed by atoms with van der Waals surface area (Å²) in [5.41, 5.74) is 0.792. The second-order valence-electron chi connectivity index (χ2n) is 6.61. The molecule has 0 aliphatic carbocycles. The number of hydrogen-bond donors (Lipinski definition) is 1. The van der Waals surface area contributed by atoms with Gasteiger partial charge in [0.1, 0.15) is 5.75 Å². The Morgan fingerprint density at radius 3 is 2.97 bits per heavy atom. The number of nitrogens with one attached hydrogen (secondary N) is 1. The number of carbonyl (C=O) groups excluding carboxylic acids is 1. The molecule has 0 bridgehead atoms. The van der Waals surface area contributed by atoms with Crippen LogP contribution in [0.25, 0.3) is 5.52 Å². The van der Waals surface area contributed by atoms with E-state index < -0.39 is 12.8 Å². The highest BCUT2D eigenvalue weighted by molar-refractivity contribution is 5.93. The number of ether oxygens (including phenoxy) is 3. The lowest BCUT2D eigenvalue weighted by Gasteiger charge is -2.12. The van der Waals surface area contributed by atoms with Gasteiger partial charge in [-0.2, -0.15) is 18.3 Å².